The highest BCUT2D eigenvalue weighted by atomic mass is 35.5. The number of aliphatic hydroxyl groups is 1. The molecule has 0 radical (unpaired) electrons. The number of anilines is 1. The van der Waals surface area contributed by atoms with Crippen molar-refractivity contribution >= 4 is 23.4 Å². The van der Waals surface area contributed by atoms with E-state index in [0.717, 1.165) is 39.3 Å². The minimum atomic E-state index is -0.741. The van der Waals surface area contributed by atoms with E-state index in [4.69, 9.17) is 16.4 Å². The van der Waals surface area contributed by atoms with Crippen molar-refractivity contribution in [1.29, 1.82) is 0 Å². The Morgan fingerprint density at radius 1 is 1.18 bits per heavy atom. The number of aromatic amines is 1. The van der Waals surface area contributed by atoms with Gasteiger partial charge in [-0.3, -0.25) is 10.2 Å². The van der Waals surface area contributed by atoms with Crippen molar-refractivity contribution in [2.24, 2.45) is 0 Å². The highest BCUT2D eigenvalue weighted by molar-refractivity contribution is 6.31. The van der Waals surface area contributed by atoms with Crippen LogP contribution in [0.1, 0.15) is 35.5 Å². The molecule has 202 valence electrons. The molecule has 13 heteroatoms. The van der Waals surface area contributed by atoms with Crippen molar-refractivity contribution in [2.75, 3.05) is 19.5 Å². The van der Waals surface area contributed by atoms with Crippen molar-refractivity contribution < 1.29 is 24.2 Å². The van der Waals surface area contributed by atoms with Crippen molar-refractivity contribution in [2.45, 2.75) is 18.4 Å². The molecule has 3 heterocycles. The third-order valence-electron chi connectivity index (χ3n) is 6.86. The van der Waals surface area contributed by atoms with E-state index in [2.05, 4.69) is 35.5 Å². The summed E-state index contributed by atoms with van der Waals surface area (Å²) in [4.78, 5) is 25.3. The number of halogens is 1. The van der Waals surface area contributed by atoms with E-state index in [1.54, 1.807) is 40.9 Å². The first-order chi connectivity index (χ1) is 19.4. The molecule has 0 saturated heterocycles. The monoisotopic (exact) mass is 559 g/mol. The van der Waals surface area contributed by atoms with E-state index in [0.29, 0.717) is 23.0 Å². The molecule has 3 N–H and O–H groups in total. The maximum Gasteiger partial charge on any atom is 0.411 e. The first-order valence-corrected chi connectivity index (χ1v) is 12.7. The summed E-state index contributed by atoms with van der Waals surface area (Å²) in [6, 6.07) is 14.7. The van der Waals surface area contributed by atoms with Crippen LogP contribution in [0, 0.1) is 0 Å². The van der Waals surface area contributed by atoms with Crippen LogP contribution in [0.25, 0.3) is 28.1 Å². The molecule has 2 unspecified atom stereocenters. The number of aliphatic hydroxyl groups excluding tert-OH is 1. The average molecular weight is 560 g/mol. The fraction of sp³-hybridized carbons (Fsp3) is 0.185. The third-order valence-corrected chi connectivity index (χ3v) is 7.10. The molecule has 1 amide bonds. The van der Waals surface area contributed by atoms with Gasteiger partial charge in [0.05, 0.1) is 41.9 Å². The molecule has 0 fully saturated rings. The molecule has 6 rings (SSSR count). The molecule has 12 nitrogen and oxygen atoms in total. The van der Waals surface area contributed by atoms with Gasteiger partial charge in [-0.2, -0.15) is 4.68 Å². The number of nitrogens with one attached hydrogen (secondary N) is 2. The lowest BCUT2D eigenvalue weighted by atomic mass is 10.0. The van der Waals surface area contributed by atoms with Gasteiger partial charge < -0.3 is 14.8 Å². The van der Waals surface area contributed by atoms with Crippen molar-refractivity contribution in [3.05, 3.63) is 89.4 Å². The lowest BCUT2D eigenvalue weighted by Crippen LogP contribution is -2.45. The van der Waals surface area contributed by atoms with Gasteiger partial charge in [0.2, 0.25) is 6.20 Å². The van der Waals surface area contributed by atoms with Crippen LogP contribution >= 0.6 is 11.6 Å². The zero-order chi connectivity index (χ0) is 27.8. The van der Waals surface area contributed by atoms with E-state index in [-0.39, 0.29) is 5.92 Å². The van der Waals surface area contributed by atoms with Gasteiger partial charge in [0.15, 0.2) is 0 Å². The number of imidazole rings is 1. The predicted molar refractivity (Wildman–Crippen MR) is 144 cm³/mol. The maximum atomic E-state index is 11.5. The first kappa shape index (κ1) is 25.5. The van der Waals surface area contributed by atoms with Crippen LogP contribution in [-0.4, -0.2) is 55.6 Å². The number of ether oxygens (including phenoxy) is 1. The SMILES string of the molecule is COC(=O)Nc1ccc(-c2cnc(C3CC(O)c4cc(-c5cc(Cl)ccc5-n5cnnn5)c[n+](OC)c43)[nH]2)cc1. The van der Waals surface area contributed by atoms with Crippen LogP contribution in [0.3, 0.4) is 0 Å². The molecular weight excluding hydrogens is 536 g/mol. The largest absolute Gasteiger partial charge is 0.453 e. The molecule has 40 heavy (non-hydrogen) atoms. The second-order valence-corrected chi connectivity index (χ2v) is 9.61. The Kier molecular flexibility index (Phi) is 6.62. The van der Waals surface area contributed by atoms with Gasteiger partial charge >= 0.3 is 6.09 Å². The molecule has 2 atom stereocenters. The van der Waals surface area contributed by atoms with Gasteiger partial charge in [0.1, 0.15) is 25.2 Å². The number of H-pyrrole nitrogens is 1. The van der Waals surface area contributed by atoms with Crippen molar-refractivity contribution in [1.82, 2.24) is 30.2 Å². The van der Waals surface area contributed by atoms with Crippen LogP contribution < -0.4 is 14.9 Å². The second-order valence-electron chi connectivity index (χ2n) is 9.17. The number of aromatic nitrogens is 7. The topological polar surface area (TPSA) is 144 Å². The summed E-state index contributed by atoms with van der Waals surface area (Å²) >= 11 is 6.36. The lowest BCUT2D eigenvalue weighted by molar-refractivity contribution is -0.890. The van der Waals surface area contributed by atoms with Gasteiger partial charge in [0.25, 0.3) is 5.69 Å². The van der Waals surface area contributed by atoms with Gasteiger partial charge in [0, 0.05) is 21.0 Å². The third kappa shape index (κ3) is 4.63. The number of methoxy groups -OCH3 is 1. The van der Waals surface area contributed by atoms with E-state index >= 15 is 0 Å². The van der Waals surface area contributed by atoms with Gasteiger partial charge in [-0.15, -0.1) is 5.10 Å². The number of pyridine rings is 1. The quantitative estimate of drug-likeness (QED) is 0.268. The highest BCUT2D eigenvalue weighted by Crippen LogP contribution is 2.43. The summed E-state index contributed by atoms with van der Waals surface area (Å²) in [6.45, 7) is 0. The molecule has 1 aliphatic rings. The normalized spacial score (nSPS) is 16.0. The number of nitrogens with zero attached hydrogens (tertiary/aromatic N) is 6. The molecule has 0 spiro atoms. The standard InChI is InChI=1S/C27H23ClN8O4/c1-39-27(38)31-18-6-3-15(4-7-18)22-12-29-26(32-22)21-11-24(37)20-9-16(13-36(40-2)25(20)21)19-10-17(28)5-8-23(19)35-14-30-33-34-35/h3-10,12-14,21,24,37H,11H2,1-2H3,(H-,29,31,32,33,34,38)/p+1. The molecule has 5 aromatic rings. The number of hydrogen-bond acceptors (Lipinski definition) is 8. The summed E-state index contributed by atoms with van der Waals surface area (Å²) in [7, 11) is 2.89. The van der Waals surface area contributed by atoms with E-state index < -0.39 is 12.2 Å². The molecule has 2 aromatic carbocycles. The Bertz CT molecular complexity index is 1690. The van der Waals surface area contributed by atoms with Gasteiger partial charge in [-0.25, -0.2) is 9.78 Å². The molecule has 3 aromatic heterocycles. The summed E-state index contributed by atoms with van der Waals surface area (Å²) < 4.78 is 7.84. The van der Waals surface area contributed by atoms with Gasteiger partial charge in [-0.1, -0.05) is 23.7 Å². The lowest BCUT2D eigenvalue weighted by Gasteiger charge is -2.11. The Morgan fingerprint density at radius 3 is 2.73 bits per heavy atom. The fourth-order valence-electron chi connectivity index (χ4n) is 5.00. The Balaban J connectivity index is 1.35. The zero-order valence-corrected chi connectivity index (χ0v) is 22.2. The second kappa shape index (κ2) is 10.4. The predicted octanol–water partition coefficient (Wildman–Crippen LogP) is 3.47. The zero-order valence-electron chi connectivity index (χ0n) is 21.4. The van der Waals surface area contributed by atoms with Crippen molar-refractivity contribution in [3.8, 4) is 28.1 Å². The summed E-state index contributed by atoms with van der Waals surface area (Å²) in [5.41, 5.74) is 6.09. The number of tetrazole rings is 1. The number of carbonyl (C=O) groups excluding carboxylic acids is 1. The molecule has 1 aliphatic carbocycles. The van der Waals surface area contributed by atoms with Gasteiger partial charge in [-0.05, 0) is 58.8 Å². The van der Waals surface area contributed by atoms with Crippen LogP contribution in [0.2, 0.25) is 5.02 Å². The summed E-state index contributed by atoms with van der Waals surface area (Å²) in [6.07, 6.45) is 4.25. The summed E-state index contributed by atoms with van der Waals surface area (Å²) in [5, 5.41) is 25.8. The smallest absolute Gasteiger partial charge is 0.411 e. The number of fused-ring (bicyclic) bond motifs is 1. The van der Waals surface area contributed by atoms with E-state index in [9.17, 15) is 9.90 Å². The first-order valence-electron chi connectivity index (χ1n) is 12.3. The van der Waals surface area contributed by atoms with Crippen LogP contribution in [-0.2, 0) is 4.74 Å². The summed E-state index contributed by atoms with van der Waals surface area (Å²) in [5.74, 6) is 0.451. The Morgan fingerprint density at radius 2 is 2.00 bits per heavy atom. The molecule has 0 saturated carbocycles. The number of carbonyl (C=O) groups is 1. The van der Waals surface area contributed by atoms with E-state index in [1.807, 2.05) is 36.5 Å². The minimum Gasteiger partial charge on any atom is -0.453 e. The van der Waals surface area contributed by atoms with E-state index in [1.165, 1.54) is 13.4 Å². The number of amides is 1. The Hall–Kier alpha value is -4.81. The molecule has 0 bridgehead atoms. The number of benzene rings is 2. The molecule has 0 aliphatic heterocycles. The maximum absolute atomic E-state index is 11.5. The van der Waals surface area contributed by atoms with Crippen LogP contribution in [0.15, 0.2) is 67.3 Å². The highest BCUT2D eigenvalue weighted by Gasteiger charge is 2.42. The average Bonchev–Trinajstić information content (AvgIpc) is 3.74. The van der Waals surface area contributed by atoms with Crippen LogP contribution in [0.5, 0.6) is 0 Å². The minimum absolute atomic E-state index is 0.244. The van der Waals surface area contributed by atoms with Crippen LogP contribution in [0.4, 0.5) is 10.5 Å². The number of rotatable bonds is 6. The fourth-order valence-corrected chi connectivity index (χ4v) is 5.17. The molecular formula is C27H24ClN8O4+. The van der Waals surface area contributed by atoms with Crippen molar-refractivity contribution in [3.63, 3.8) is 0 Å². The number of hydrogen-bond donors (Lipinski definition) is 3. The Labute approximate surface area is 233 Å².